The van der Waals surface area contributed by atoms with E-state index < -0.39 is 0 Å². The molecule has 0 aliphatic carbocycles. The maximum Gasteiger partial charge on any atom is 0.165 e. The number of hydrogen-bond acceptors (Lipinski definition) is 7. The van der Waals surface area contributed by atoms with Crippen molar-refractivity contribution in [1.29, 1.82) is 0 Å². The zero-order valence-corrected chi connectivity index (χ0v) is 20.3. The predicted octanol–water partition coefficient (Wildman–Crippen LogP) is 5.32. The Morgan fingerprint density at radius 3 is 2.79 bits per heavy atom. The van der Waals surface area contributed by atoms with Crippen molar-refractivity contribution in [1.82, 2.24) is 19.7 Å². The molecule has 34 heavy (non-hydrogen) atoms. The molecule has 0 spiro atoms. The van der Waals surface area contributed by atoms with E-state index >= 15 is 0 Å². The van der Waals surface area contributed by atoms with Gasteiger partial charge in [0.25, 0.3) is 0 Å². The Labute approximate surface area is 202 Å². The summed E-state index contributed by atoms with van der Waals surface area (Å²) < 4.78 is 1.81. The maximum atomic E-state index is 6.19. The minimum absolute atomic E-state index is 0.371. The Balaban J connectivity index is 1.69. The van der Waals surface area contributed by atoms with Crippen LogP contribution in [0.25, 0.3) is 16.7 Å². The molecule has 0 radical (unpaired) electrons. The van der Waals surface area contributed by atoms with Crippen molar-refractivity contribution in [2.24, 2.45) is 4.99 Å². The highest BCUT2D eigenvalue weighted by atomic mass is 32.1. The molecular weight excluding hydrogens is 442 g/mol. The predicted molar refractivity (Wildman–Crippen MR) is 140 cm³/mol. The molecule has 0 amide bonds. The largest absolute Gasteiger partial charge is 0.383 e. The molecule has 0 fully saturated rings. The number of rotatable bonds is 4. The maximum absolute atomic E-state index is 6.19. The van der Waals surface area contributed by atoms with E-state index in [1.54, 1.807) is 11.3 Å². The number of para-hydroxylation sites is 1. The summed E-state index contributed by atoms with van der Waals surface area (Å²) in [6.45, 7) is 11.1. The number of nitrogens with two attached hydrogens (primary N) is 1. The second kappa shape index (κ2) is 8.76. The fourth-order valence-electron chi connectivity index (χ4n) is 4.25. The van der Waals surface area contributed by atoms with Gasteiger partial charge in [0.05, 0.1) is 16.8 Å². The second-order valence-electron chi connectivity index (χ2n) is 8.01. The van der Waals surface area contributed by atoms with E-state index in [9.17, 15) is 0 Å². The number of hydrogen-bond donors (Lipinski definition) is 1. The van der Waals surface area contributed by atoms with Crippen molar-refractivity contribution in [3.63, 3.8) is 0 Å². The van der Waals surface area contributed by atoms with E-state index in [1.807, 2.05) is 17.7 Å². The number of amidine groups is 1. The summed E-state index contributed by atoms with van der Waals surface area (Å²) in [6, 6.07) is 8.37. The molecule has 0 saturated heterocycles. The van der Waals surface area contributed by atoms with Gasteiger partial charge in [-0.2, -0.15) is 5.10 Å². The fraction of sp³-hybridized carbons (Fsp3) is 0.231. The molecule has 7 nitrogen and oxygen atoms in total. The Hall–Kier alpha value is -3.96. The van der Waals surface area contributed by atoms with Crippen LogP contribution < -0.4 is 10.6 Å². The summed E-state index contributed by atoms with van der Waals surface area (Å²) >= 11 is 1.63. The van der Waals surface area contributed by atoms with Crippen molar-refractivity contribution < 1.29 is 0 Å². The molecule has 0 bridgehead atoms. The summed E-state index contributed by atoms with van der Waals surface area (Å²) in [7, 11) is 0. The zero-order chi connectivity index (χ0) is 23.8. The summed E-state index contributed by atoms with van der Waals surface area (Å²) in [6.07, 6.45) is 3.07. The number of anilines is 2. The Kier molecular flexibility index (Phi) is 5.64. The third-order valence-electron chi connectivity index (χ3n) is 5.85. The van der Waals surface area contributed by atoms with E-state index in [4.69, 9.17) is 15.8 Å². The quantitative estimate of drug-likeness (QED) is 0.410. The van der Waals surface area contributed by atoms with E-state index in [2.05, 4.69) is 70.7 Å². The first-order valence-corrected chi connectivity index (χ1v) is 12.1. The number of benzene rings is 1. The second-order valence-corrected chi connectivity index (χ2v) is 8.87. The normalized spacial score (nSPS) is 13.0. The summed E-state index contributed by atoms with van der Waals surface area (Å²) in [5, 5.41) is 8.52. The third kappa shape index (κ3) is 3.55. The molecule has 8 heteroatoms. The van der Waals surface area contributed by atoms with E-state index in [1.165, 1.54) is 17.5 Å². The van der Waals surface area contributed by atoms with Crippen molar-refractivity contribution in [2.45, 2.75) is 40.2 Å². The van der Waals surface area contributed by atoms with Gasteiger partial charge >= 0.3 is 0 Å². The van der Waals surface area contributed by atoms with E-state index in [0.717, 1.165) is 40.6 Å². The van der Waals surface area contributed by atoms with Crippen molar-refractivity contribution in [2.75, 3.05) is 10.6 Å². The van der Waals surface area contributed by atoms with Crippen LogP contribution in [0.5, 0.6) is 0 Å². The van der Waals surface area contributed by atoms with E-state index in [0.29, 0.717) is 29.1 Å². The molecule has 1 aliphatic rings. The number of fused-ring (bicyclic) bond motifs is 2. The Morgan fingerprint density at radius 1 is 1.18 bits per heavy atom. The summed E-state index contributed by atoms with van der Waals surface area (Å²) in [4.78, 5) is 15.9. The van der Waals surface area contributed by atoms with Gasteiger partial charge in [0.15, 0.2) is 5.65 Å². The van der Waals surface area contributed by atoms with E-state index in [-0.39, 0.29) is 0 Å². The summed E-state index contributed by atoms with van der Waals surface area (Å²) in [5.74, 6) is 7.38. The minimum atomic E-state index is 0.371. The van der Waals surface area contributed by atoms with Crippen molar-refractivity contribution in [3.05, 3.63) is 64.9 Å². The number of nitrogens with zero attached hydrogens (tertiary/aromatic N) is 6. The lowest BCUT2D eigenvalue weighted by Gasteiger charge is -2.33. The molecule has 1 aromatic carbocycles. The lowest BCUT2D eigenvalue weighted by atomic mass is 10.0. The van der Waals surface area contributed by atoms with Gasteiger partial charge in [0.1, 0.15) is 35.2 Å². The molecule has 4 heterocycles. The van der Waals surface area contributed by atoms with Crippen LogP contribution in [0.15, 0.2) is 47.5 Å². The van der Waals surface area contributed by atoms with Crippen molar-refractivity contribution in [3.8, 4) is 11.8 Å². The average molecular weight is 468 g/mol. The molecule has 4 aromatic rings. The van der Waals surface area contributed by atoms with Crippen LogP contribution in [0.1, 0.15) is 42.7 Å². The van der Waals surface area contributed by atoms with Crippen LogP contribution in [0.3, 0.4) is 0 Å². The summed E-state index contributed by atoms with van der Waals surface area (Å²) in [5.41, 5.74) is 12.9. The van der Waals surface area contributed by atoms with Crippen LogP contribution in [0, 0.1) is 18.8 Å². The number of nitrogen functional groups attached to an aromatic ring is 1. The van der Waals surface area contributed by atoms with Gasteiger partial charge < -0.3 is 5.73 Å². The molecule has 1 aliphatic heterocycles. The fourth-order valence-corrected chi connectivity index (χ4v) is 5.21. The molecular formula is C26H25N7S. The molecule has 0 unspecified atom stereocenters. The van der Waals surface area contributed by atoms with Gasteiger partial charge in [-0.15, -0.1) is 11.3 Å². The van der Waals surface area contributed by atoms with Crippen LogP contribution in [0.2, 0.25) is 0 Å². The topological polar surface area (TPSA) is 85.2 Å². The molecule has 0 saturated carbocycles. The molecule has 5 rings (SSSR count). The van der Waals surface area contributed by atoms with Crippen LogP contribution in [-0.4, -0.2) is 25.6 Å². The van der Waals surface area contributed by atoms with Crippen molar-refractivity contribution >= 4 is 50.4 Å². The lowest BCUT2D eigenvalue weighted by Crippen LogP contribution is -2.35. The van der Waals surface area contributed by atoms with Gasteiger partial charge in [-0.05, 0) is 41.8 Å². The smallest absolute Gasteiger partial charge is 0.165 e. The average Bonchev–Trinajstić information content (AvgIpc) is 3.39. The lowest BCUT2D eigenvalue weighted by molar-refractivity contribution is 0.732. The number of aromatic nitrogens is 4. The Morgan fingerprint density at radius 2 is 2.00 bits per heavy atom. The van der Waals surface area contributed by atoms with Gasteiger partial charge in [-0.25, -0.2) is 19.6 Å². The Bertz CT molecular complexity index is 1510. The highest BCUT2D eigenvalue weighted by molar-refractivity contribution is 7.14. The standard InChI is InChI=1S/C26H25N7S/c1-5-7-11-19-23-24(27)28-15-29-25(23)32(31-19)13-21-30-26-22(16(3)14-34-26)17(4)33(21)20-12-9-8-10-18(20)6-2/h8-10,12,14-15H,4-6,13H2,1-3H3,(H2,27,28,29). The molecule has 2 N–H and O–H groups in total. The number of aryl methyl sites for hydroxylation is 2. The number of aliphatic imine (C=N–C) groups is 1. The first kappa shape index (κ1) is 21.9. The number of thiophene rings is 1. The highest BCUT2D eigenvalue weighted by Crippen LogP contribution is 2.43. The monoisotopic (exact) mass is 467 g/mol. The molecule has 0 atom stereocenters. The van der Waals surface area contributed by atoms with Gasteiger partial charge in [-0.1, -0.05) is 44.5 Å². The van der Waals surface area contributed by atoms with Crippen LogP contribution in [0.4, 0.5) is 16.5 Å². The first-order chi connectivity index (χ1) is 16.5. The van der Waals surface area contributed by atoms with Gasteiger partial charge in [0, 0.05) is 12.0 Å². The van der Waals surface area contributed by atoms with Gasteiger partial charge in [-0.3, -0.25) is 4.90 Å². The third-order valence-corrected chi connectivity index (χ3v) is 6.84. The highest BCUT2D eigenvalue weighted by Gasteiger charge is 2.30. The van der Waals surface area contributed by atoms with Crippen LogP contribution in [-0.2, 0) is 13.0 Å². The van der Waals surface area contributed by atoms with Gasteiger partial charge in [0.2, 0.25) is 0 Å². The SMILES string of the molecule is C=C1c2c(C)csc2N=C(Cn2nc(C#CCC)c3c(N)ncnc32)N1c1ccccc1CC. The zero-order valence-electron chi connectivity index (χ0n) is 19.5. The molecule has 3 aromatic heterocycles. The minimum Gasteiger partial charge on any atom is -0.383 e. The molecule has 170 valence electrons. The van der Waals surface area contributed by atoms with Crippen LogP contribution >= 0.6 is 11.3 Å². The first-order valence-electron chi connectivity index (χ1n) is 11.2.